The fourth-order valence-electron chi connectivity index (χ4n) is 1.64. The van der Waals surface area contributed by atoms with E-state index in [-0.39, 0.29) is 0 Å². The molecule has 0 spiro atoms. The van der Waals surface area contributed by atoms with Crippen LogP contribution in [0.25, 0.3) is 0 Å². The van der Waals surface area contributed by atoms with E-state index in [1.54, 1.807) is 0 Å². The molecule has 2 atom stereocenters. The third kappa shape index (κ3) is 4.67. The van der Waals surface area contributed by atoms with E-state index in [0.717, 1.165) is 18.3 Å². The molecule has 0 fully saturated rings. The third-order valence-electron chi connectivity index (χ3n) is 2.99. The topological polar surface area (TPSA) is 21.3 Å². The fraction of sp³-hybridized carbons (Fsp3) is 0.571. The Bertz CT molecular complexity index is 273. The van der Waals surface area contributed by atoms with Crippen molar-refractivity contribution in [2.75, 3.05) is 13.7 Å². The van der Waals surface area contributed by atoms with Crippen molar-refractivity contribution < 1.29 is 4.74 Å². The number of likely N-dealkylation sites (N-methyl/N-ethyl adjacent to an activating group) is 1. The smallest absolute Gasteiger partial charge is 0.119 e. The van der Waals surface area contributed by atoms with E-state index in [9.17, 15) is 0 Å². The average molecular weight is 221 g/mol. The van der Waals surface area contributed by atoms with E-state index in [4.69, 9.17) is 4.74 Å². The number of nitrogens with one attached hydrogen (secondary N) is 1. The molecule has 16 heavy (non-hydrogen) atoms. The van der Waals surface area contributed by atoms with E-state index in [0.29, 0.717) is 6.04 Å². The van der Waals surface area contributed by atoms with Crippen molar-refractivity contribution in [1.82, 2.24) is 5.32 Å². The summed E-state index contributed by atoms with van der Waals surface area (Å²) in [5.41, 5.74) is 0. The Morgan fingerprint density at radius 1 is 1.25 bits per heavy atom. The Labute approximate surface area is 99.0 Å². The lowest BCUT2D eigenvalue weighted by molar-refractivity contribution is 0.247. The molecule has 0 saturated heterocycles. The number of ether oxygens (including phenoxy) is 1. The molecule has 0 aliphatic rings. The molecule has 2 nitrogen and oxygen atoms in total. The van der Waals surface area contributed by atoms with Gasteiger partial charge in [0.15, 0.2) is 0 Å². The molecular weight excluding hydrogens is 198 g/mol. The Kier molecular flexibility index (Phi) is 5.94. The Morgan fingerprint density at radius 2 is 1.94 bits per heavy atom. The van der Waals surface area contributed by atoms with Gasteiger partial charge in [0.05, 0.1) is 0 Å². The second-order valence-corrected chi connectivity index (χ2v) is 4.36. The van der Waals surface area contributed by atoms with Crippen LogP contribution in [0.3, 0.4) is 0 Å². The van der Waals surface area contributed by atoms with Crippen molar-refractivity contribution in [3.05, 3.63) is 30.3 Å². The predicted molar refractivity (Wildman–Crippen MR) is 68.9 cm³/mol. The van der Waals surface area contributed by atoms with Crippen molar-refractivity contribution in [3.8, 4) is 5.75 Å². The average Bonchev–Trinajstić information content (AvgIpc) is 2.35. The molecule has 1 N–H and O–H groups in total. The highest BCUT2D eigenvalue weighted by Gasteiger charge is 2.10. The molecule has 0 bridgehead atoms. The lowest BCUT2D eigenvalue weighted by Crippen LogP contribution is -2.33. The Hall–Kier alpha value is -1.02. The molecule has 1 aromatic rings. The third-order valence-corrected chi connectivity index (χ3v) is 2.99. The predicted octanol–water partition coefficient (Wildman–Crippen LogP) is 3.09. The van der Waals surface area contributed by atoms with Crippen LogP contribution in [-0.2, 0) is 0 Å². The van der Waals surface area contributed by atoms with Crippen molar-refractivity contribution in [1.29, 1.82) is 0 Å². The molecule has 2 heteroatoms. The molecule has 0 radical (unpaired) electrons. The highest BCUT2D eigenvalue weighted by molar-refractivity contribution is 5.20. The van der Waals surface area contributed by atoms with Gasteiger partial charge < -0.3 is 10.1 Å². The van der Waals surface area contributed by atoms with Gasteiger partial charge in [-0.15, -0.1) is 0 Å². The minimum absolute atomic E-state index is 0.440. The first-order valence-electron chi connectivity index (χ1n) is 6.11. The van der Waals surface area contributed by atoms with Gasteiger partial charge in [0, 0.05) is 6.04 Å². The molecule has 0 aliphatic carbocycles. The molecule has 0 aromatic heterocycles. The number of para-hydroxylation sites is 1. The standard InChI is InChI=1S/C14H23NO/c1-4-12(2)10-13(15-3)11-16-14-8-6-5-7-9-14/h5-9,12-13,15H,4,10-11H2,1-3H3. The zero-order valence-corrected chi connectivity index (χ0v) is 10.6. The fourth-order valence-corrected chi connectivity index (χ4v) is 1.64. The molecule has 90 valence electrons. The van der Waals surface area contributed by atoms with Crippen LogP contribution in [0.1, 0.15) is 26.7 Å². The van der Waals surface area contributed by atoms with Crippen LogP contribution < -0.4 is 10.1 Å². The largest absolute Gasteiger partial charge is 0.492 e. The summed E-state index contributed by atoms with van der Waals surface area (Å²) in [6.07, 6.45) is 2.39. The summed E-state index contributed by atoms with van der Waals surface area (Å²) >= 11 is 0. The first-order chi connectivity index (χ1) is 7.76. The molecular formula is C14H23NO. The molecule has 0 aliphatic heterocycles. The highest BCUT2D eigenvalue weighted by atomic mass is 16.5. The second-order valence-electron chi connectivity index (χ2n) is 4.36. The minimum atomic E-state index is 0.440. The highest BCUT2D eigenvalue weighted by Crippen LogP contribution is 2.12. The first-order valence-corrected chi connectivity index (χ1v) is 6.11. The van der Waals surface area contributed by atoms with E-state index in [2.05, 4.69) is 19.2 Å². The van der Waals surface area contributed by atoms with Gasteiger partial charge in [0.2, 0.25) is 0 Å². The number of hydrogen-bond donors (Lipinski definition) is 1. The van der Waals surface area contributed by atoms with E-state index < -0.39 is 0 Å². The van der Waals surface area contributed by atoms with Gasteiger partial charge in [-0.2, -0.15) is 0 Å². The van der Waals surface area contributed by atoms with Crippen molar-refractivity contribution in [3.63, 3.8) is 0 Å². The molecule has 1 rings (SSSR count). The summed E-state index contributed by atoms with van der Waals surface area (Å²) in [6, 6.07) is 10.4. The summed E-state index contributed by atoms with van der Waals surface area (Å²) < 4.78 is 5.74. The molecule has 0 saturated carbocycles. The minimum Gasteiger partial charge on any atom is -0.492 e. The molecule has 0 heterocycles. The first kappa shape index (κ1) is 13.0. The van der Waals surface area contributed by atoms with Crippen molar-refractivity contribution in [2.45, 2.75) is 32.7 Å². The van der Waals surface area contributed by atoms with Crippen LogP contribution in [0.4, 0.5) is 0 Å². The van der Waals surface area contributed by atoms with Crippen molar-refractivity contribution in [2.24, 2.45) is 5.92 Å². The number of rotatable bonds is 7. The zero-order chi connectivity index (χ0) is 11.8. The van der Waals surface area contributed by atoms with E-state index >= 15 is 0 Å². The summed E-state index contributed by atoms with van der Waals surface area (Å²) in [5.74, 6) is 1.70. The Morgan fingerprint density at radius 3 is 2.50 bits per heavy atom. The lowest BCUT2D eigenvalue weighted by Gasteiger charge is -2.20. The van der Waals surface area contributed by atoms with Gasteiger partial charge in [-0.05, 0) is 31.5 Å². The van der Waals surface area contributed by atoms with Crippen molar-refractivity contribution >= 4 is 0 Å². The summed E-state index contributed by atoms with van der Waals surface area (Å²) in [4.78, 5) is 0. The van der Waals surface area contributed by atoms with Gasteiger partial charge in [-0.3, -0.25) is 0 Å². The zero-order valence-electron chi connectivity index (χ0n) is 10.6. The normalized spacial score (nSPS) is 14.4. The van der Waals surface area contributed by atoms with Gasteiger partial charge in [0.1, 0.15) is 12.4 Å². The maximum absolute atomic E-state index is 5.74. The van der Waals surface area contributed by atoms with Gasteiger partial charge >= 0.3 is 0 Å². The van der Waals surface area contributed by atoms with E-state index in [1.807, 2.05) is 37.4 Å². The van der Waals surface area contributed by atoms with Crippen LogP contribution in [0.5, 0.6) is 5.75 Å². The summed E-state index contributed by atoms with van der Waals surface area (Å²) in [6.45, 7) is 5.26. The second kappa shape index (κ2) is 7.29. The quantitative estimate of drug-likeness (QED) is 0.764. The lowest BCUT2D eigenvalue weighted by atomic mass is 10.00. The maximum Gasteiger partial charge on any atom is 0.119 e. The number of hydrogen-bond acceptors (Lipinski definition) is 2. The molecule has 2 unspecified atom stereocenters. The van der Waals surface area contributed by atoms with E-state index in [1.165, 1.54) is 12.8 Å². The number of benzene rings is 1. The van der Waals surface area contributed by atoms with Crippen LogP contribution in [0.15, 0.2) is 30.3 Å². The molecule has 1 aromatic carbocycles. The van der Waals surface area contributed by atoms with Gasteiger partial charge in [0.25, 0.3) is 0 Å². The van der Waals surface area contributed by atoms with Gasteiger partial charge in [-0.25, -0.2) is 0 Å². The van der Waals surface area contributed by atoms with Crippen LogP contribution >= 0.6 is 0 Å². The maximum atomic E-state index is 5.74. The monoisotopic (exact) mass is 221 g/mol. The Balaban J connectivity index is 2.34. The SMILES string of the molecule is CCC(C)CC(COc1ccccc1)NC. The van der Waals surface area contributed by atoms with Gasteiger partial charge in [-0.1, -0.05) is 38.5 Å². The molecule has 0 amide bonds. The summed E-state index contributed by atoms with van der Waals surface area (Å²) in [7, 11) is 2.00. The summed E-state index contributed by atoms with van der Waals surface area (Å²) in [5, 5.41) is 3.31. The van der Waals surface area contributed by atoms with Crippen LogP contribution in [0, 0.1) is 5.92 Å². The van der Waals surface area contributed by atoms with Crippen LogP contribution in [-0.4, -0.2) is 19.7 Å². The van der Waals surface area contributed by atoms with Crippen LogP contribution in [0.2, 0.25) is 0 Å².